The van der Waals surface area contributed by atoms with Crippen molar-refractivity contribution in [2.24, 2.45) is 0 Å². The minimum absolute atomic E-state index is 0.282. The van der Waals surface area contributed by atoms with Gasteiger partial charge in [-0.05, 0) is 19.4 Å². The molecule has 86 valence electrons. The zero-order valence-electron chi connectivity index (χ0n) is 9.40. The van der Waals surface area contributed by atoms with E-state index in [9.17, 15) is 9.59 Å². The summed E-state index contributed by atoms with van der Waals surface area (Å²) in [7, 11) is 0. The quantitative estimate of drug-likeness (QED) is 0.617. The lowest BCUT2D eigenvalue weighted by molar-refractivity contribution is -0.157. The Morgan fingerprint density at radius 3 is 2.44 bits per heavy atom. The molecule has 1 aromatic carbocycles. The lowest BCUT2D eigenvalue weighted by Gasteiger charge is -2.08. The first kappa shape index (κ1) is 12.2. The first-order chi connectivity index (χ1) is 7.59. The molecule has 1 rings (SSSR count). The van der Waals surface area contributed by atoms with Gasteiger partial charge in [0.05, 0.1) is 6.10 Å². The molecule has 0 saturated heterocycles. The summed E-state index contributed by atoms with van der Waals surface area (Å²) >= 11 is 0. The summed E-state index contributed by atoms with van der Waals surface area (Å²) in [6.07, 6.45) is -0.282. The van der Waals surface area contributed by atoms with Crippen molar-refractivity contribution in [3.63, 3.8) is 0 Å². The molecule has 0 fully saturated rings. The molecule has 0 atom stereocenters. The van der Waals surface area contributed by atoms with Crippen LogP contribution in [0, 0.1) is 0 Å². The van der Waals surface area contributed by atoms with Crippen molar-refractivity contribution in [1.29, 1.82) is 0 Å². The fraction of sp³-hybridized carbons (Fsp3) is 0.333. The average molecular weight is 221 g/mol. The van der Waals surface area contributed by atoms with E-state index in [0.717, 1.165) is 5.56 Å². The number of hydrogen-bond acceptors (Lipinski definition) is 3. The smallest absolute Gasteiger partial charge is 0.397 e. The Kier molecular flexibility index (Phi) is 4.51. The van der Waals surface area contributed by atoms with Gasteiger partial charge < -0.3 is 10.1 Å². The third-order valence-corrected chi connectivity index (χ3v) is 1.82. The van der Waals surface area contributed by atoms with Crippen LogP contribution in [0.3, 0.4) is 0 Å². The summed E-state index contributed by atoms with van der Waals surface area (Å²) < 4.78 is 4.75. The number of carbonyl (C=O) groups is 2. The van der Waals surface area contributed by atoms with Gasteiger partial charge in [0, 0.05) is 6.54 Å². The maximum absolute atomic E-state index is 11.3. The Morgan fingerprint density at radius 2 is 1.88 bits per heavy atom. The van der Waals surface area contributed by atoms with Crippen LogP contribution >= 0.6 is 0 Å². The van der Waals surface area contributed by atoms with Crippen LogP contribution < -0.4 is 5.32 Å². The number of benzene rings is 1. The Hall–Kier alpha value is -1.84. The van der Waals surface area contributed by atoms with Crippen LogP contribution in [0.4, 0.5) is 0 Å². The number of carbonyl (C=O) groups excluding carboxylic acids is 2. The highest BCUT2D eigenvalue weighted by molar-refractivity contribution is 6.32. The highest BCUT2D eigenvalue weighted by Crippen LogP contribution is 1.97. The number of esters is 1. The van der Waals surface area contributed by atoms with Crippen LogP contribution in [0.1, 0.15) is 19.4 Å². The number of rotatable bonds is 3. The van der Waals surface area contributed by atoms with Crippen molar-refractivity contribution in [3.05, 3.63) is 35.9 Å². The summed E-state index contributed by atoms with van der Waals surface area (Å²) in [6, 6.07) is 9.36. The number of ether oxygens (including phenoxy) is 1. The second-order valence-corrected chi connectivity index (χ2v) is 3.62. The SMILES string of the molecule is CC(C)OC(=O)C(=O)NCc1ccccc1. The standard InChI is InChI=1S/C12H15NO3/c1-9(2)16-12(15)11(14)13-8-10-6-4-3-5-7-10/h3-7,9H,8H2,1-2H3,(H,13,14). The molecule has 0 saturated carbocycles. The molecule has 1 N–H and O–H groups in total. The number of hydrogen-bond donors (Lipinski definition) is 1. The van der Waals surface area contributed by atoms with E-state index in [1.165, 1.54) is 0 Å². The van der Waals surface area contributed by atoms with Gasteiger partial charge in [0.25, 0.3) is 0 Å². The monoisotopic (exact) mass is 221 g/mol. The van der Waals surface area contributed by atoms with E-state index >= 15 is 0 Å². The summed E-state index contributed by atoms with van der Waals surface area (Å²) in [5.41, 5.74) is 0.938. The van der Waals surface area contributed by atoms with Gasteiger partial charge in [0.1, 0.15) is 0 Å². The second-order valence-electron chi connectivity index (χ2n) is 3.62. The summed E-state index contributed by atoms with van der Waals surface area (Å²) in [5.74, 6) is -1.55. The average Bonchev–Trinajstić information content (AvgIpc) is 2.26. The molecule has 0 radical (unpaired) electrons. The first-order valence-electron chi connectivity index (χ1n) is 5.12. The molecule has 4 heteroatoms. The van der Waals surface area contributed by atoms with Gasteiger partial charge >= 0.3 is 11.9 Å². The fourth-order valence-electron chi connectivity index (χ4n) is 1.12. The Bertz CT molecular complexity index is 360. The fourth-order valence-corrected chi connectivity index (χ4v) is 1.12. The van der Waals surface area contributed by atoms with Crippen LogP contribution in [-0.2, 0) is 20.9 Å². The highest BCUT2D eigenvalue weighted by Gasteiger charge is 2.15. The normalized spacial score (nSPS) is 9.94. The highest BCUT2D eigenvalue weighted by atomic mass is 16.5. The van der Waals surface area contributed by atoms with Gasteiger partial charge in [-0.3, -0.25) is 4.79 Å². The molecular formula is C12H15NO3. The second kappa shape index (κ2) is 5.90. The predicted molar refractivity (Wildman–Crippen MR) is 59.5 cm³/mol. The Labute approximate surface area is 94.6 Å². The zero-order chi connectivity index (χ0) is 12.0. The van der Waals surface area contributed by atoms with E-state index < -0.39 is 11.9 Å². The van der Waals surface area contributed by atoms with Crippen molar-refractivity contribution in [3.8, 4) is 0 Å². The van der Waals surface area contributed by atoms with E-state index in [1.807, 2.05) is 30.3 Å². The maximum Gasteiger partial charge on any atom is 0.397 e. The molecule has 0 aliphatic carbocycles. The lowest BCUT2D eigenvalue weighted by atomic mass is 10.2. The molecule has 16 heavy (non-hydrogen) atoms. The van der Waals surface area contributed by atoms with Crippen molar-refractivity contribution < 1.29 is 14.3 Å². The molecule has 0 bridgehead atoms. The van der Waals surface area contributed by atoms with Crippen molar-refractivity contribution >= 4 is 11.9 Å². The molecule has 0 aliphatic rings. The van der Waals surface area contributed by atoms with Gasteiger partial charge in [-0.25, -0.2) is 4.79 Å². The van der Waals surface area contributed by atoms with Crippen LogP contribution in [0.2, 0.25) is 0 Å². The molecule has 1 aromatic rings. The van der Waals surface area contributed by atoms with Crippen LogP contribution in [0.25, 0.3) is 0 Å². The molecule has 0 unspecified atom stereocenters. The van der Waals surface area contributed by atoms with E-state index in [0.29, 0.717) is 6.54 Å². The zero-order valence-corrected chi connectivity index (χ0v) is 9.40. The van der Waals surface area contributed by atoms with Crippen molar-refractivity contribution in [2.45, 2.75) is 26.5 Å². The summed E-state index contributed by atoms with van der Waals surface area (Å²) in [6.45, 7) is 3.72. The largest absolute Gasteiger partial charge is 0.456 e. The first-order valence-corrected chi connectivity index (χ1v) is 5.12. The third kappa shape index (κ3) is 4.13. The minimum atomic E-state index is -0.842. The molecule has 0 spiro atoms. The van der Waals surface area contributed by atoms with Crippen LogP contribution in [0.15, 0.2) is 30.3 Å². The maximum atomic E-state index is 11.3. The van der Waals surface area contributed by atoms with E-state index in [4.69, 9.17) is 4.74 Å². The van der Waals surface area contributed by atoms with Gasteiger partial charge in [0.15, 0.2) is 0 Å². The molecule has 0 aromatic heterocycles. The number of nitrogens with one attached hydrogen (secondary N) is 1. The Balaban J connectivity index is 2.38. The van der Waals surface area contributed by atoms with Gasteiger partial charge in [-0.2, -0.15) is 0 Å². The van der Waals surface area contributed by atoms with E-state index in [2.05, 4.69) is 5.32 Å². The lowest BCUT2D eigenvalue weighted by Crippen LogP contribution is -2.33. The van der Waals surface area contributed by atoms with E-state index in [1.54, 1.807) is 13.8 Å². The third-order valence-electron chi connectivity index (χ3n) is 1.82. The van der Waals surface area contributed by atoms with Crippen molar-refractivity contribution in [1.82, 2.24) is 5.32 Å². The van der Waals surface area contributed by atoms with Crippen LogP contribution in [-0.4, -0.2) is 18.0 Å². The topological polar surface area (TPSA) is 55.4 Å². The van der Waals surface area contributed by atoms with Crippen LogP contribution in [0.5, 0.6) is 0 Å². The summed E-state index contributed by atoms with van der Waals surface area (Å²) in [4.78, 5) is 22.4. The molecule has 0 heterocycles. The molecule has 4 nitrogen and oxygen atoms in total. The van der Waals surface area contributed by atoms with Gasteiger partial charge in [-0.1, -0.05) is 30.3 Å². The van der Waals surface area contributed by atoms with Gasteiger partial charge in [-0.15, -0.1) is 0 Å². The predicted octanol–water partition coefficient (Wildman–Crippen LogP) is 1.25. The molecular weight excluding hydrogens is 206 g/mol. The molecule has 1 amide bonds. The van der Waals surface area contributed by atoms with Gasteiger partial charge in [0.2, 0.25) is 0 Å². The summed E-state index contributed by atoms with van der Waals surface area (Å²) in [5, 5.41) is 2.49. The minimum Gasteiger partial charge on any atom is -0.456 e. The molecule has 0 aliphatic heterocycles. The van der Waals surface area contributed by atoms with E-state index in [-0.39, 0.29) is 6.10 Å². The Morgan fingerprint density at radius 1 is 1.25 bits per heavy atom. The number of amides is 1. The van der Waals surface area contributed by atoms with Crippen molar-refractivity contribution in [2.75, 3.05) is 0 Å².